The Balaban J connectivity index is 1.53. The standard InChI is InChI=1S/C22H24N8/c1-22(2,3)13-25-21-24-10-18-16(9-23-20(18)28-21)14-5-6-30-19(7-14)17(11-27-30)15-8-26-29(4)12-15/h5-12H,13H2,1-4H3,(H2,23,24,25,28). The summed E-state index contributed by atoms with van der Waals surface area (Å²) >= 11 is 0. The molecule has 5 aromatic rings. The Morgan fingerprint density at radius 3 is 2.70 bits per heavy atom. The van der Waals surface area contributed by atoms with Crippen LogP contribution in [0.25, 0.3) is 38.8 Å². The zero-order chi connectivity index (χ0) is 20.9. The number of fused-ring (bicyclic) bond motifs is 2. The molecule has 2 N–H and O–H groups in total. The van der Waals surface area contributed by atoms with Crippen LogP contribution >= 0.6 is 0 Å². The van der Waals surface area contributed by atoms with Crippen molar-refractivity contribution in [2.24, 2.45) is 12.5 Å². The van der Waals surface area contributed by atoms with Gasteiger partial charge >= 0.3 is 0 Å². The second-order valence-electron chi connectivity index (χ2n) is 8.78. The summed E-state index contributed by atoms with van der Waals surface area (Å²) in [5.74, 6) is 0.635. The predicted molar refractivity (Wildman–Crippen MR) is 118 cm³/mol. The number of nitrogens with one attached hydrogen (secondary N) is 2. The van der Waals surface area contributed by atoms with Crippen LogP contribution in [0.2, 0.25) is 0 Å². The molecule has 0 fully saturated rings. The zero-order valence-corrected chi connectivity index (χ0v) is 17.5. The Labute approximate surface area is 174 Å². The lowest BCUT2D eigenvalue weighted by Gasteiger charge is -2.18. The SMILES string of the molecule is Cn1cc(-c2cnn3ccc(-c4c[nH]c5nc(NCC(C)(C)C)ncc45)cc23)cn1. The van der Waals surface area contributed by atoms with E-state index in [9.17, 15) is 0 Å². The molecule has 0 radical (unpaired) electrons. The number of hydrogen-bond donors (Lipinski definition) is 2. The number of aryl methyl sites for hydroxylation is 1. The highest BCUT2D eigenvalue weighted by Gasteiger charge is 2.14. The van der Waals surface area contributed by atoms with Gasteiger partial charge in [-0.05, 0) is 23.1 Å². The number of rotatable bonds is 4. The minimum absolute atomic E-state index is 0.159. The molecule has 0 atom stereocenters. The second kappa shape index (κ2) is 6.69. The molecule has 30 heavy (non-hydrogen) atoms. The maximum atomic E-state index is 4.64. The molecule has 0 spiro atoms. The summed E-state index contributed by atoms with van der Waals surface area (Å²) in [6.07, 6.45) is 11.6. The quantitative estimate of drug-likeness (QED) is 0.473. The van der Waals surface area contributed by atoms with Crippen molar-refractivity contribution in [3.05, 3.63) is 49.3 Å². The van der Waals surface area contributed by atoms with Gasteiger partial charge in [-0.25, -0.2) is 9.50 Å². The van der Waals surface area contributed by atoms with E-state index in [2.05, 4.69) is 63.4 Å². The van der Waals surface area contributed by atoms with Crippen molar-refractivity contribution in [1.82, 2.24) is 34.3 Å². The zero-order valence-electron chi connectivity index (χ0n) is 17.5. The van der Waals surface area contributed by atoms with Gasteiger partial charge < -0.3 is 10.3 Å². The van der Waals surface area contributed by atoms with Crippen molar-refractivity contribution in [2.45, 2.75) is 20.8 Å². The highest BCUT2D eigenvalue weighted by molar-refractivity contribution is 5.95. The first-order chi connectivity index (χ1) is 14.4. The lowest BCUT2D eigenvalue weighted by molar-refractivity contribution is 0.442. The molecule has 8 heteroatoms. The lowest BCUT2D eigenvalue weighted by Crippen LogP contribution is -2.20. The fourth-order valence-electron chi connectivity index (χ4n) is 3.51. The fraction of sp³-hybridized carbons (Fsp3) is 0.273. The molecule has 0 aliphatic heterocycles. The summed E-state index contributed by atoms with van der Waals surface area (Å²) in [6, 6.07) is 4.20. The number of anilines is 1. The first kappa shape index (κ1) is 18.4. The lowest BCUT2D eigenvalue weighted by atomic mass is 9.97. The van der Waals surface area contributed by atoms with Crippen LogP contribution in [0.3, 0.4) is 0 Å². The molecule has 5 aromatic heterocycles. The molecular formula is C22H24N8. The van der Waals surface area contributed by atoms with E-state index in [-0.39, 0.29) is 5.41 Å². The van der Waals surface area contributed by atoms with Gasteiger partial charge in [-0.3, -0.25) is 4.68 Å². The van der Waals surface area contributed by atoms with Gasteiger partial charge in [0.05, 0.1) is 17.9 Å². The Kier molecular flexibility index (Phi) is 4.09. The topological polar surface area (TPSA) is 88.7 Å². The third kappa shape index (κ3) is 3.30. The van der Waals surface area contributed by atoms with E-state index in [0.717, 1.165) is 45.3 Å². The monoisotopic (exact) mass is 400 g/mol. The van der Waals surface area contributed by atoms with Gasteiger partial charge in [0.2, 0.25) is 5.95 Å². The molecule has 0 aromatic carbocycles. The summed E-state index contributed by atoms with van der Waals surface area (Å²) in [4.78, 5) is 12.4. The summed E-state index contributed by atoms with van der Waals surface area (Å²) in [5.41, 5.74) is 6.24. The second-order valence-corrected chi connectivity index (χ2v) is 8.78. The number of aromatic amines is 1. The predicted octanol–water partition coefficient (Wildman–Crippen LogP) is 4.13. The average Bonchev–Trinajstić information content (AvgIpc) is 3.42. The summed E-state index contributed by atoms with van der Waals surface area (Å²) in [5, 5.41) is 13.1. The molecule has 5 heterocycles. The summed E-state index contributed by atoms with van der Waals surface area (Å²) in [7, 11) is 1.91. The van der Waals surface area contributed by atoms with Crippen molar-refractivity contribution >= 4 is 22.5 Å². The van der Waals surface area contributed by atoms with Crippen LogP contribution in [-0.4, -0.2) is 40.9 Å². The van der Waals surface area contributed by atoms with Gasteiger partial charge in [0.25, 0.3) is 0 Å². The Hall–Kier alpha value is -3.68. The van der Waals surface area contributed by atoms with Crippen LogP contribution in [-0.2, 0) is 7.05 Å². The Morgan fingerprint density at radius 2 is 1.93 bits per heavy atom. The van der Waals surface area contributed by atoms with Crippen molar-refractivity contribution in [3.8, 4) is 22.3 Å². The molecule has 0 amide bonds. The molecule has 0 saturated carbocycles. The number of hydrogen-bond acceptors (Lipinski definition) is 5. The molecule has 0 unspecified atom stereocenters. The number of aromatic nitrogens is 7. The van der Waals surface area contributed by atoms with E-state index in [1.54, 1.807) is 4.68 Å². The van der Waals surface area contributed by atoms with Crippen molar-refractivity contribution in [3.63, 3.8) is 0 Å². The third-order valence-corrected chi connectivity index (χ3v) is 5.06. The van der Waals surface area contributed by atoms with E-state index in [1.165, 1.54) is 0 Å². The molecular weight excluding hydrogens is 376 g/mol. The average molecular weight is 400 g/mol. The van der Waals surface area contributed by atoms with Gasteiger partial charge in [0.15, 0.2) is 0 Å². The minimum atomic E-state index is 0.159. The fourth-order valence-corrected chi connectivity index (χ4v) is 3.51. The van der Waals surface area contributed by atoms with Gasteiger partial charge in [0, 0.05) is 60.5 Å². The molecule has 0 aliphatic rings. The highest BCUT2D eigenvalue weighted by Crippen LogP contribution is 2.31. The molecule has 8 nitrogen and oxygen atoms in total. The van der Waals surface area contributed by atoms with Crippen LogP contribution in [0, 0.1) is 5.41 Å². The van der Waals surface area contributed by atoms with E-state index < -0.39 is 0 Å². The number of nitrogens with zero attached hydrogens (tertiary/aromatic N) is 6. The highest BCUT2D eigenvalue weighted by atomic mass is 15.2. The van der Waals surface area contributed by atoms with E-state index in [0.29, 0.717) is 5.95 Å². The third-order valence-electron chi connectivity index (χ3n) is 5.06. The number of H-pyrrole nitrogens is 1. The number of pyridine rings is 1. The maximum Gasteiger partial charge on any atom is 0.224 e. The van der Waals surface area contributed by atoms with Gasteiger partial charge in [0.1, 0.15) is 5.65 Å². The summed E-state index contributed by atoms with van der Waals surface area (Å²) < 4.78 is 3.68. The van der Waals surface area contributed by atoms with Crippen LogP contribution in [0.1, 0.15) is 20.8 Å². The van der Waals surface area contributed by atoms with Gasteiger partial charge in [-0.2, -0.15) is 15.2 Å². The Bertz CT molecular complexity index is 1350. The van der Waals surface area contributed by atoms with Crippen LogP contribution in [0.4, 0.5) is 5.95 Å². The largest absolute Gasteiger partial charge is 0.354 e. The molecule has 0 bridgehead atoms. The van der Waals surface area contributed by atoms with Gasteiger partial charge in [-0.1, -0.05) is 20.8 Å². The van der Waals surface area contributed by atoms with E-state index in [1.807, 2.05) is 48.7 Å². The van der Waals surface area contributed by atoms with Gasteiger partial charge in [-0.15, -0.1) is 0 Å². The molecule has 152 valence electrons. The van der Waals surface area contributed by atoms with Crippen molar-refractivity contribution < 1.29 is 0 Å². The molecule has 0 saturated heterocycles. The van der Waals surface area contributed by atoms with Crippen LogP contribution < -0.4 is 5.32 Å². The van der Waals surface area contributed by atoms with E-state index in [4.69, 9.17) is 0 Å². The molecule has 5 rings (SSSR count). The normalized spacial score (nSPS) is 12.1. The maximum absolute atomic E-state index is 4.64. The van der Waals surface area contributed by atoms with Crippen molar-refractivity contribution in [2.75, 3.05) is 11.9 Å². The van der Waals surface area contributed by atoms with Crippen LogP contribution in [0.5, 0.6) is 0 Å². The summed E-state index contributed by atoms with van der Waals surface area (Å²) in [6.45, 7) is 7.34. The van der Waals surface area contributed by atoms with E-state index >= 15 is 0 Å². The van der Waals surface area contributed by atoms with Crippen LogP contribution in [0.15, 0.2) is 49.3 Å². The van der Waals surface area contributed by atoms with Crippen molar-refractivity contribution in [1.29, 1.82) is 0 Å². The Morgan fingerprint density at radius 1 is 1.07 bits per heavy atom. The first-order valence-corrected chi connectivity index (χ1v) is 9.92. The first-order valence-electron chi connectivity index (χ1n) is 9.92. The minimum Gasteiger partial charge on any atom is -0.354 e. The smallest absolute Gasteiger partial charge is 0.224 e. The molecule has 0 aliphatic carbocycles.